The lowest BCUT2D eigenvalue weighted by molar-refractivity contribution is 0.0872. The molecule has 132 valence electrons. The molecule has 3 rings (SSSR count). The monoisotopic (exact) mass is 404 g/mol. The number of carbonyl (C=O) groups excluding carboxylic acids is 2. The molecule has 2 aromatic carbocycles. The van der Waals surface area contributed by atoms with E-state index in [1.54, 1.807) is 60.0 Å². The number of halogens is 2. The van der Waals surface area contributed by atoms with Crippen LogP contribution < -0.4 is 10.6 Å². The zero-order valence-electron chi connectivity index (χ0n) is 13.4. The van der Waals surface area contributed by atoms with Crippen LogP contribution in [0.15, 0.2) is 66.0 Å². The molecule has 0 spiro atoms. The third-order valence-electron chi connectivity index (χ3n) is 3.59. The predicted octanol–water partition coefficient (Wildman–Crippen LogP) is 5.11. The van der Waals surface area contributed by atoms with E-state index in [2.05, 4.69) is 10.6 Å². The molecule has 3 aromatic rings. The fraction of sp³-hybridized carbons (Fsp3) is 0.0526. The van der Waals surface area contributed by atoms with Gasteiger partial charge >= 0.3 is 0 Å². The van der Waals surface area contributed by atoms with Gasteiger partial charge in [0, 0.05) is 5.56 Å². The number of rotatable bonds is 6. The Labute approximate surface area is 164 Å². The predicted molar refractivity (Wildman–Crippen MR) is 106 cm³/mol. The second-order valence-electron chi connectivity index (χ2n) is 5.36. The van der Waals surface area contributed by atoms with Gasteiger partial charge in [0.15, 0.2) is 6.17 Å². The highest BCUT2D eigenvalue weighted by Gasteiger charge is 2.24. The minimum atomic E-state index is -0.997. The molecule has 1 aromatic heterocycles. The van der Waals surface area contributed by atoms with Gasteiger partial charge in [0.25, 0.3) is 5.91 Å². The Morgan fingerprint density at radius 2 is 1.69 bits per heavy atom. The minimum absolute atomic E-state index is 0.283. The number of thiophene rings is 1. The summed E-state index contributed by atoms with van der Waals surface area (Å²) >= 11 is 13.5. The quantitative estimate of drug-likeness (QED) is 0.443. The minimum Gasteiger partial charge on any atom is -0.358 e. The number of hydrogen-bond acceptors (Lipinski definition) is 4. The number of Topliss-reactive ketones (excluding diaryl/α,β-unsaturated/α-hetero) is 1. The van der Waals surface area contributed by atoms with Crippen molar-refractivity contribution in [1.82, 2.24) is 5.32 Å². The number of carbonyl (C=O) groups is 2. The summed E-state index contributed by atoms with van der Waals surface area (Å²) in [5.74, 6) is -0.633. The largest absolute Gasteiger partial charge is 0.358 e. The van der Waals surface area contributed by atoms with E-state index in [0.29, 0.717) is 21.2 Å². The van der Waals surface area contributed by atoms with Gasteiger partial charge < -0.3 is 10.6 Å². The number of anilines is 1. The molecule has 0 fully saturated rings. The Morgan fingerprint density at radius 1 is 0.923 bits per heavy atom. The van der Waals surface area contributed by atoms with E-state index in [1.165, 1.54) is 11.3 Å². The third kappa shape index (κ3) is 4.25. The fourth-order valence-electron chi connectivity index (χ4n) is 2.32. The summed E-state index contributed by atoms with van der Waals surface area (Å²) in [6.07, 6.45) is -0.997. The summed E-state index contributed by atoms with van der Waals surface area (Å²) in [4.78, 5) is 25.9. The van der Waals surface area contributed by atoms with Crippen molar-refractivity contribution >= 4 is 51.9 Å². The molecular weight excluding hydrogens is 391 g/mol. The van der Waals surface area contributed by atoms with Crippen molar-refractivity contribution < 1.29 is 9.59 Å². The molecule has 0 radical (unpaired) electrons. The standard InChI is InChI=1S/C19H14Cl2N2O2S/c20-13-8-4-9-14(16(13)21)22-18(17(24)12-6-2-1-3-7-12)23-19(25)15-10-5-11-26-15/h1-11,18,22H,(H,23,25)/t18-/m0/s1. The highest BCUT2D eigenvalue weighted by atomic mass is 35.5. The lowest BCUT2D eigenvalue weighted by Gasteiger charge is -2.21. The Morgan fingerprint density at radius 3 is 2.38 bits per heavy atom. The van der Waals surface area contributed by atoms with Crippen LogP contribution in [0, 0.1) is 0 Å². The van der Waals surface area contributed by atoms with E-state index >= 15 is 0 Å². The van der Waals surface area contributed by atoms with Crippen LogP contribution in [0.4, 0.5) is 5.69 Å². The third-order valence-corrected chi connectivity index (χ3v) is 5.28. The maximum Gasteiger partial charge on any atom is 0.263 e. The summed E-state index contributed by atoms with van der Waals surface area (Å²) < 4.78 is 0. The zero-order valence-corrected chi connectivity index (χ0v) is 15.7. The molecule has 0 saturated carbocycles. The number of hydrogen-bond donors (Lipinski definition) is 2. The number of amides is 1. The second kappa shape index (κ2) is 8.36. The summed E-state index contributed by atoms with van der Waals surface area (Å²) in [6, 6.07) is 17.2. The molecule has 0 aliphatic heterocycles. The van der Waals surface area contributed by atoms with Gasteiger partial charge in [0.05, 0.1) is 20.6 Å². The van der Waals surface area contributed by atoms with Crippen molar-refractivity contribution in [1.29, 1.82) is 0 Å². The molecule has 0 saturated heterocycles. The van der Waals surface area contributed by atoms with Crippen molar-refractivity contribution in [3.8, 4) is 0 Å². The first kappa shape index (κ1) is 18.5. The Hall–Kier alpha value is -2.34. The molecule has 1 heterocycles. The van der Waals surface area contributed by atoms with Gasteiger partial charge in [-0.05, 0) is 23.6 Å². The first-order valence-corrected chi connectivity index (χ1v) is 9.34. The average Bonchev–Trinajstić information content (AvgIpc) is 3.20. The topological polar surface area (TPSA) is 58.2 Å². The highest BCUT2D eigenvalue weighted by Crippen LogP contribution is 2.30. The molecule has 2 N–H and O–H groups in total. The van der Waals surface area contributed by atoms with Crippen molar-refractivity contribution in [3.05, 3.63) is 86.5 Å². The number of ketones is 1. The maximum absolute atomic E-state index is 12.9. The van der Waals surface area contributed by atoms with E-state index in [4.69, 9.17) is 23.2 Å². The van der Waals surface area contributed by atoms with Crippen molar-refractivity contribution in [2.75, 3.05) is 5.32 Å². The van der Waals surface area contributed by atoms with Crippen molar-refractivity contribution in [2.45, 2.75) is 6.17 Å². The van der Waals surface area contributed by atoms with Gasteiger partial charge in [-0.2, -0.15) is 0 Å². The normalized spacial score (nSPS) is 11.6. The van der Waals surface area contributed by atoms with Gasteiger partial charge in [0.1, 0.15) is 0 Å². The maximum atomic E-state index is 12.9. The molecule has 0 aliphatic carbocycles. The average molecular weight is 405 g/mol. The molecule has 4 nitrogen and oxygen atoms in total. The van der Waals surface area contributed by atoms with Gasteiger partial charge in [-0.15, -0.1) is 11.3 Å². The Kier molecular flexibility index (Phi) is 5.93. The number of benzene rings is 2. The van der Waals surface area contributed by atoms with Gasteiger partial charge in [-0.3, -0.25) is 9.59 Å². The van der Waals surface area contributed by atoms with Crippen LogP contribution >= 0.6 is 34.5 Å². The SMILES string of the molecule is O=C(N[C@H](Nc1cccc(Cl)c1Cl)C(=O)c1ccccc1)c1cccs1. The zero-order chi connectivity index (χ0) is 18.5. The van der Waals surface area contributed by atoms with Gasteiger partial charge in [-0.25, -0.2) is 0 Å². The molecule has 0 bridgehead atoms. The van der Waals surface area contributed by atoms with Crippen LogP contribution in [0.3, 0.4) is 0 Å². The first-order valence-electron chi connectivity index (χ1n) is 7.70. The fourth-order valence-corrected chi connectivity index (χ4v) is 3.30. The van der Waals surface area contributed by atoms with E-state index in [0.717, 1.165) is 0 Å². The summed E-state index contributed by atoms with van der Waals surface area (Å²) in [5, 5.41) is 8.14. The highest BCUT2D eigenvalue weighted by molar-refractivity contribution is 7.12. The van der Waals surface area contributed by atoms with E-state index in [-0.39, 0.29) is 16.7 Å². The van der Waals surface area contributed by atoms with Gasteiger partial charge in [-0.1, -0.05) is 65.7 Å². The van der Waals surface area contributed by atoms with Crippen LogP contribution in [0.5, 0.6) is 0 Å². The van der Waals surface area contributed by atoms with E-state index in [1.807, 2.05) is 6.07 Å². The summed E-state index contributed by atoms with van der Waals surface area (Å²) in [5.41, 5.74) is 0.926. The lowest BCUT2D eigenvalue weighted by Crippen LogP contribution is -2.46. The van der Waals surface area contributed by atoms with Gasteiger partial charge in [0.2, 0.25) is 5.78 Å². The summed E-state index contributed by atoms with van der Waals surface area (Å²) in [6.45, 7) is 0. The summed E-state index contributed by atoms with van der Waals surface area (Å²) in [7, 11) is 0. The van der Waals surface area contributed by atoms with E-state index in [9.17, 15) is 9.59 Å². The lowest BCUT2D eigenvalue weighted by atomic mass is 10.1. The molecule has 26 heavy (non-hydrogen) atoms. The molecule has 1 amide bonds. The van der Waals surface area contributed by atoms with E-state index < -0.39 is 6.17 Å². The first-order chi connectivity index (χ1) is 12.6. The Balaban J connectivity index is 1.89. The van der Waals surface area contributed by atoms with Crippen LogP contribution in [-0.4, -0.2) is 17.9 Å². The molecular formula is C19H14Cl2N2O2S. The molecule has 7 heteroatoms. The van der Waals surface area contributed by atoms with Crippen LogP contribution in [0.1, 0.15) is 20.0 Å². The van der Waals surface area contributed by atoms with Crippen LogP contribution in [-0.2, 0) is 0 Å². The van der Waals surface area contributed by atoms with Crippen molar-refractivity contribution in [3.63, 3.8) is 0 Å². The second-order valence-corrected chi connectivity index (χ2v) is 7.09. The smallest absolute Gasteiger partial charge is 0.263 e. The molecule has 0 aliphatic rings. The Bertz CT molecular complexity index is 915. The van der Waals surface area contributed by atoms with Crippen LogP contribution in [0.25, 0.3) is 0 Å². The van der Waals surface area contributed by atoms with Crippen LogP contribution in [0.2, 0.25) is 10.0 Å². The van der Waals surface area contributed by atoms with Crippen molar-refractivity contribution in [2.24, 2.45) is 0 Å². The molecule has 0 unspecified atom stereocenters. The molecule has 1 atom stereocenters. The number of nitrogens with one attached hydrogen (secondary N) is 2.